The first-order valence-electron chi connectivity index (χ1n) is 7.08. The Morgan fingerprint density at radius 1 is 1.05 bits per heavy atom. The number of pyridine rings is 1. The number of hydrogen-bond donors (Lipinski definition) is 1. The van der Waals surface area contributed by atoms with Gasteiger partial charge in [-0.15, -0.1) is 0 Å². The van der Waals surface area contributed by atoms with Crippen LogP contribution >= 0.6 is 0 Å². The second kappa shape index (κ2) is 7.93. The fourth-order valence-electron chi connectivity index (χ4n) is 2.09. The van der Waals surface area contributed by atoms with Crippen LogP contribution < -0.4 is 0 Å². The maximum absolute atomic E-state index is 12.4. The fraction of sp³-hybridized carbons (Fsp3) is 0.235. The average molecular weight is 298 g/mol. The summed E-state index contributed by atoms with van der Waals surface area (Å²) >= 11 is 0. The molecule has 1 aromatic carbocycles. The van der Waals surface area contributed by atoms with Gasteiger partial charge in [-0.1, -0.05) is 36.4 Å². The zero-order chi connectivity index (χ0) is 15.8. The first-order chi connectivity index (χ1) is 10.6. The number of aromatic nitrogens is 1. The Kier molecular flexibility index (Phi) is 5.65. The van der Waals surface area contributed by atoms with E-state index in [2.05, 4.69) is 4.98 Å². The minimum atomic E-state index is -0.918. The van der Waals surface area contributed by atoms with Crippen molar-refractivity contribution in [2.75, 3.05) is 6.54 Å². The van der Waals surface area contributed by atoms with Crippen LogP contribution in [0.1, 0.15) is 17.7 Å². The smallest absolute Gasteiger partial charge is 0.305 e. The van der Waals surface area contributed by atoms with Gasteiger partial charge < -0.3 is 10.0 Å². The van der Waals surface area contributed by atoms with E-state index < -0.39 is 5.97 Å². The summed E-state index contributed by atoms with van der Waals surface area (Å²) in [4.78, 5) is 29.0. The Balaban J connectivity index is 2.05. The SMILES string of the molecule is O=C(O)CCN(Cc1ccccn1)C(=O)Cc1ccccc1. The van der Waals surface area contributed by atoms with Crippen LogP contribution in [-0.4, -0.2) is 33.4 Å². The first kappa shape index (κ1) is 15.7. The summed E-state index contributed by atoms with van der Waals surface area (Å²) in [6.07, 6.45) is 1.84. The molecule has 5 heteroatoms. The zero-order valence-electron chi connectivity index (χ0n) is 12.2. The quantitative estimate of drug-likeness (QED) is 0.850. The van der Waals surface area contributed by atoms with Crippen molar-refractivity contribution in [2.45, 2.75) is 19.4 Å². The molecule has 0 spiro atoms. The highest BCUT2D eigenvalue weighted by molar-refractivity contribution is 5.79. The molecule has 0 aliphatic rings. The Morgan fingerprint density at radius 2 is 1.77 bits per heavy atom. The molecule has 5 nitrogen and oxygen atoms in total. The monoisotopic (exact) mass is 298 g/mol. The van der Waals surface area contributed by atoms with Crippen molar-refractivity contribution < 1.29 is 14.7 Å². The van der Waals surface area contributed by atoms with Gasteiger partial charge in [-0.25, -0.2) is 0 Å². The van der Waals surface area contributed by atoms with E-state index in [0.717, 1.165) is 11.3 Å². The number of carboxylic acids is 1. The van der Waals surface area contributed by atoms with E-state index in [-0.39, 0.29) is 25.3 Å². The van der Waals surface area contributed by atoms with Crippen molar-refractivity contribution in [3.8, 4) is 0 Å². The van der Waals surface area contributed by atoms with Crippen molar-refractivity contribution >= 4 is 11.9 Å². The number of carbonyl (C=O) groups is 2. The number of aliphatic carboxylic acids is 1. The van der Waals surface area contributed by atoms with Crippen molar-refractivity contribution in [2.24, 2.45) is 0 Å². The zero-order valence-corrected chi connectivity index (χ0v) is 12.2. The highest BCUT2D eigenvalue weighted by atomic mass is 16.4. The minimum Gasteiger partial charge on any atom is -0.481 e. The molecule has 1 aromatic heterocycles. The lowest BCUT2D eigenvalue weighted by molar-refractivity contribution is -0.138. The molecule has 0 unspecified atom stereocenters. The lowest BCUT2D eigenvalue weighted by Gasteiger charge is -2.21. The van der Waals surface area contributed by atoms with Gasteiger partial charge in [-0.2, -0.15) is 0 Å². The second-order valence-corrected chi connectivity index (χ2v) is 4.94. The average Bonchev–Trinajstić information content (AvgIpc) is 2.53. The molecular formula is C17H18N2O3. The summed E-state index contributed by atoms with van der Waals surface area (Å²) in [5.41, 5.74) is 1.66. The molecule has 0 atom stereocenters. The molecular weight excluding hydrogens is 280 g/mol. The van der Waals surface area contributed by atoms with E-state index in [1.807, 2.05) is 42.5 Å². The Labute approximate surface area is 129 Å². The molecule has 1 heterocycles. The van der Waals surface area contributed by atoms with Gasteiger partial charge in [0.15, 0.2) is 0 Å². The predicted molar refractivity (Wildman–Crippen MR) is 82.1 cm³/mol. The van der Waals surface area contributed by atoms with Gasteiger partial charge in [0.2, 0.25) is 5.91 Å². The molecule has 0 aliphatic carbocycles. The van der Waals surface area contributed by atoms with E-state index in [9.17, 15) is 9.59 Å². The van der Waals surface area contributed by atoms with Crippen LogP contribution in [0.3, 0.4) is 0 Å². The van der Waals surface area contributed by atoms with E-state index in [4.69, 9.17) is 5.11 Å². The van der Waals surface area contributed by atoms with Crippen molar-refractivity contribution in [1.82, 2.24) is 9.88 Å². The van der Waals surface area contributed by atoms with E-state index in [0.29, 0.717) is 6.54 Å². The normalized spacial score (nSPS) is 10.2. The maximum atomic E-state index is 12.4. The molecule has 1 N–H and O–H groups in total. The van der Waals surface area contributed by atoms with Crippen LogP contribution in [-0.2, 0) is 22.6 Å². The Morgan fingerprint density at radius 3 is 2.41 bits per heavy atom. The molecule has 0 saturated carbocycles. The lowest BCUT2D eigenvalue weighted by Crippen LogP contribution is -2.34. The van der Waals surface area contributed by atoms with Crippen LogP contribution in [0, 0.1) is 0 Å². The highest BCUT2D eigenvalue weighted by Gasteiger charge is 2.16. The van der Waals surface area contributed by atoms with Gasteiger partial charge in [-0.3, -0.25) is 14.6 Å². The molecule has 0 aliphatic heterocycles. The highest BCUT2D eigenvalue weighted by Crippen LogP contribution is 2.07. The van der Waals surface area contributed by atoms with Crippen LogP contribution in [0.2, 0.25) is 0 Å². The van der Waals surface area contributed by atoms with E-state index >= 15 is 0 Å². The van der Waals surface area contributed by atoms with Gasteiger partial charge >= 0.3 is 5.97 Å². The van der Waals surface area contributed by atoms with Crippen LogP contribution in [0.15, 0.2) is 54.7 Å². The predicted octanol–water partition coefficient (Wildman–Crippen LogP) is 2.13. The van der Waals surface area contributed by atoms with Gasteiger partial charge in [0.05, 0.1) is 25.1 Å². The summed E-state index contributed by atoms with van der Waals surface area (Å²) in [5.74, 6) is -1.02. The third-order valence-electron chi connectivity index (χ3n) is 3.23. The number of rotatable bonds is 7. The summed E-state index contributed by atoms with van der Waals surface area (Å²) in [5, 5.41) is 8.85. The molecule has 1 amide bonds. The molecule has 0 radical (unpaired) electrons. The van der Waals surface area contributed by atoms with Crippen molar-refractivity contribution in [3.05, 3.63) is 66.0 Å². The summed E-state index contributed by atoms with van der Waals surface area (Å²) in [6.45, 7) is 0.497. The van der Waals surface area contributed by atoms with Crippen molar-refractivity contribution in [3.63, 3.8) is 0 Å². The van der Waals surface area contributed by atoms with Gasteiger partial charge in [-0.05, 0) is 17.7 Å². The second-order valence-electron chi connectivity index (χ2n) is 4.94. The summed E-state index contributed by atoms with van der Waals surface area (Å²) in [7, 11) is 0. The fourth-order valence-corrected chi connectivity index (χ4v) is 2.09. The first-order valence-corrected chi connectivity index (χ1v) is 7.08. The summed E-state index contributed by atoms with van der Waals surface area (Å²) < 4.78 is 0. The largest absolute Gasteiger partial charge is 0.481 e. The number of nitrogens with zero attached hydrogens (tertiary/aromatic N) is 2. The van der Waals surface area contributed by atoms with E-state index in [1.165, 1.54) is 0 Å². The topological polar surface area (TPSA) is 70.5 Å². The van der Waals surface area contributed by atoms with Crippen LogP contribution in [0.5, 0.6) is 0 Å². The number of amides is 1. The molecule has 0 saturated heterocycles. The van der Waals surface area contributed by atoms with Crippen LogP contribution in [0.4, 0.5) is 0 Å². The molecule has 0 fully saturated rings. The molecule has 2 rings (SSSR count). The minimum absolute atomic E-state index is 0.0760. The number of benzene rings is 1. The third kappa shape index (κ3) is 5.01. The maximum Gasteiger partial charge on any atom is 0.305 e. The number of carbonyl (C=O) groups excluding carboxylic acids is 1. The van der Waals surface area contributed by atoms with E-state index in [1.54, 1.807) is 17.2 Å². The van der Waals surface area contributed by atoms with Gasteiger partial charge in [0.1, 0.15) is 0 Å². The molecule has 2 aromatic rings. The Hall–Kier alpha value is -2.69. The van der Waals surface area contributed by atoms with Gasteiger partial charge in [0.25, 0.3) is 0 Å². The number of hydrogen-bond acceptors (Lipinski definition) is 3. The van der Waals surface area contributed by atoms with Crippen molar-refractivity contribution in [1.29, 1.82) is 0 Å². The van der Waals surface area contributed by atoms with Crippen LogP contribution in [0.25, 0.3) is 0 Å². The standard InChI is InChI=1S/C17H18N2O3/c20-16(12-14-6-2-1-3-7-14)19(11-9-17(21)22)13-15-8-4-5-10-18-15/h1-8,10H,9,11-13H2,(H,21,22). The number of carboxylic acid groups (broad SMARTS) is 1. The Bertz CT molecular complexity index is 614. The molecule has 114 valence electrons. The third-order valence-corrected chi connectivity index (χ3v) is 3.23. The molecule has 22 heavy (non-hydrogen) atoms. The lowest BCUT2D eigenvalue weighted by atomic mass is 10.1. The van der Waals surface area contributed by atoms with Gasteiger partial charge in [0, 0.05) is 12.7 Å². The molecule has 0 bridgehead atoms. The summed E-state index contributed by atoms with van der Waals surface area (Å²) in [6, 6.07) is 14.9.